The van der Waals surface area contributed by atoms with Gasteiger partial charge in [-0.1, -0.05) is 18.2 Å². The molecule has 0 saturated heterocycles. The molecule has 0 aliphatic rings. The molecule has 0 atom stereocenters. The zero-order valence-electron chi connectivity index (χ0n) is 14.1. The molecule has 134 valence electrons. The maximum atomic E-state index is 12.8. The van der Waals surface area contributed by atoms with Crippen molar-refractivity contribution >= 4 is 0 Å². The van der Waals surface area contributed by atoms with Gasteiger partial charge in [0.2, 0.25) is 0 Å². The zero-order chi connectivity index (χ0) is 18.9. The lowest BCUT2D eigenvalue weighted by atomic mass is 10.0. The van der Waals surface area contributed by atoms with E-state index in [-0.39, 0.29) is 11.2 Å². The molecule has 1 aromatic heterocycles. The molecule has 0 amide bonds. The molecule has 26 heavy (non-hydrogen) atoms. The Labute approximate surface area is 148 Å². The quantitative estimate of drug-likeness (QED) is 0.674. The fourth-order valence-corrected chi connectivity index (χ4v) is 2.77. The molecule has 0 spiro atoms. The largest absolute Gasteiger partial charge is 0.457 e. The molecular weight excluding hydrogens is 343 g/mol. The third-order valence-corrected chi connectivity index (χ3v) is 3.89. The zero-order valence-corrected chi connectivity index (χ0v) is 14.1. The lowest BCUT2D eigenvalue weighted by Gasteiger charge is -2.11. The summed E-state index contributed by atoms with van der Waals surface area (Å²) in [6.45, 7) is 3.63. The second-order valence-corrected chi connectivity index (χ2v) is 5.97. The second kappa shape index (κ2) is 6.71. The molecule has 2 aromatic carbocycles. The summed E-state index contributed by atoms with van der Waals surface area (Å²) in [5, 5.41) is 0. The fraction of sp³-hybridized carbons (Fsp3) is 0.150. The first-order valence-corrected chi connectivity index (χ1v) is 7.90. The molecule has 0 aliphatic heterocycles. The number of aromatic nitrogens is 1. The molecule has 0 radical (unpaired) electrons. The Bertz CT molecular complexity index is 989. The van der Waals surface area contributed by atoms with E-state index in [1.807, 2.05) is 13.8 Å². The molecule has 0 aliphatic carbocycles. The highest BCUT2D eigenvalue weighted by molar-refractivity contribution is 5.66. The van der Waals surface area contributed by atoms with Gasteiger partial charge in [-0.15, -0.1) is 0 Å². The van der Waals surface area contributed by atoms with E-state index < -0.39 is 11.7 Å². The molecular formula is C20H16F3NO2. The molecule has 1 heterocycles. The van der Waals surface area contributed by atoms with Gasteiger partial charge in [0.1, 0.15) is 11.5 Å². The summed E-state index contributed by atoms with van der Waals surface area (Å²) in [6.07, 6.45) is -4.42. The molecule has 0 fully saturated rings. The van der Waals surface area contributed by atoms with E-state index in [1.165, 1.54) is 18.2 Å². The van der Waals surface area contributed by atoms with Gasteiger partial charge in [0.25, 0.3) is 0 Å². The van der Waals surface area contributed by atoms with Gasteiger partial charge in [0.05, 0.1) is 5.56 Å². The molecule has 3 rings (SSSR count). The summed E-state index contributed by atoms with van der Waals surface area (Å²) in [5.74, 6) is 0.478. The summed E-state index contributed by atoms with van der Waals surface area (Å²) in [7, 11) is 0. The number of rotatable bonds is 3. The van der Waals surface area contributed by atoms with Gasteiger partial charge in [-0.2, -0.15) is 13.2 Å². The van der Waals surface area contributed by atoms with Crippen LogP contribution in [0.3, 0.4) is 0 Å². The highest BCUT2D eigenvalue weighted by atomic mass is 19.4. The van der Waals surface area contributed by atoms with Crippen molar-refractivity contribution in [1.82, 2.24) is 4.98 Å². The van der Waals surface area contributed by atoms with Crippen LogP contribution in [0.1, 0.15) is 17.0 Å². The number of halogens is 3. The normalized spacial score (nSPS) is 11.4. The van der Waals surface area contributed by atoms with Gasteiger partial charge in [0, 0.05) is 23.0 Å². The number of hydrogen-bond acceptors (Lipinski definition) is 2. The van der Waals surface area contributed by atoms with Crippen LogP contribution in [0, 0.1) is 13.8 Å². The first-order chi connectivity index (χ1) is 12.2. The van der Waals surface area contributed by atoms with Crippen LogP contribution in [-0.4, -0.2) is 4.98 Å². The Morgan fingerprint density at radius 3 is 2.23 bits per heavy atom. The number of benzene rings is 2. The Balaban J connectivity index is 1.87. The number of alkyl halides is 3. The average Bonchev–Trinajstić information content (AvgIpc) is 2.55. The van der Waals surface area contributed by atoms with Crippen molar-refractivity contribution in [2.75, 3.05) is 0 Å². The highest BCUT2D eigenvalue weighted by Gasteiger charge is 2.30. The second-order valence-electron chi connectivity index (χ2n) is 5.97. The van der Waals surface area contributed by atoms with Crippen LogP contribution >= 0.6 is 0 Å². The van der Waals surface area contributed by atoms with E-state index in [1.54, 1.807) is 24.3 Å². The number of nitrogens with one attached hydrogen (secondary N) is 1. The van der Waals surface area contributed by atoms with Crippen LogP contribution in [0.5, 0.6) is 11.5 Å². The van der Waals surface area contributed by atoms with Gasteiger partial charge in [-0.05, 0) is 49.7 Å². The molecule has 1 N–H and O–H groups in total. The van der Waals surface area contributed by atoms with E-state index >= 15 is 0 Å². The van der Waals surface area contributed by atoms with Gasteiger partial charge in [-0.3, -0.25) is 4.79 Å². The van der Waals surface area contributed by atoms with Crippen molar-refractivity contribution in [2.45, 2.75) is 20.0 Å². The van der Waals surface area contributed by atoms with Gasteiger partial charge in [-0.25, -0.2) is 0 Å². The minimum Gasteiger partial charge on any atom is -0.457 e. The third kappa shape index (κ3) is 3.79. The van der Waals surface area contributed by atoms with Crippen LogP contribution in [0.25, 0.3) is 11.1 Å². The molecule has 3 nitrogen and oxygen atoms in total. The van der Waals surface area contributed by atoms with Gasteiger partial charge in [0.15, 0.2) is 5.43 Å². The minimum absolute atomic E-state index is 0.0923. The molecule has 0 bridgehead atoms. The van der Waals surface area contributed by atoms with E-state index in [2.05, 4.69) is 4.98 Å². The van der Waals surface area contributed by atoms with Crippen molar-refractivity contribution in [3.63, 3.8) is 0 Å². The number of aromatic amines is 1. The van der Waals surface area contributed by atoms with Crippen LogP contribution < -0.4 is 10.2 Å². The number of H-pyrrole nitrogens is 1. The highest BCUT2D eigenvalue weighted by Crippen LogP contribution is 2.33. The monoisotopic (exact) mass is 359 g/mol. The van der Waals surface area contributed by atoms with Crippen LogP contribution in [0.2, 0.25) is 0 Å². The first-order valence-electron chi connectivity index (χ1n) is 7.90. The standard InChI is InChI=1S/C20H16F3NO2/c1-12-10-18(25)19(13(2)24-12)14-6-8-16(9-7-14)26-17-5-3-4-15(11-17)20(21,22)23/h3-11H,1-2H3,(H,24,25). The lowest BCUT2D eigenvalue weighted by Crippen LogP contribution is -2.08. The summed E-state index contributed by atoms with van der Waals surface area (Å²) < 4.78 is 43.8. The Kier molecular flexibility index (Phi) is 4.59. The van der Waals surface area contributed by atoms with Crippen molar-refractivity contribution < 1.29 is 17.9 Å². The number of hydrogen-bond donors (Lipinski definition) is 1. The van der Waals surface area contributed by atoms with E-state index in [9.17, 15) is 18.0 Å². The Morgan fingerprint density at radius 1 is 0.923 bits per heavy atom. The molecule has 0 saturated carbocycles. The summed E-state index contributed by atoms with van der Waals surface area (Å²) in [4.78, 5) is 15.3. The van der Waals surface area contributed by atoms with Crippen molar-refractivity contribution in [3.8, 4) is 22.6 Å². The first kappa shape index (κ1) is 17.8. The van der Waals surface area contributed by atoms with Gasteiger partial charge < -0.3 is 9.72 Å². The Morgan fingerprint density at radius 2 is 1.62 bits per heavy atom. The van der Waals surface area contributed by atoms with Crippen LogP contribution in [-0.2, 0) is 6.18 Å². The maximum Gasteiger partial charge on any atom is 0.416 e. The van der Waals surface area contributed by atoms with Crippen LogP contribution in [0.4, 0.5) is 13.2 Å². The van der Waals surface area contributed by atoms with Crippen LogP contribution in [0.15, 0.2) is 59.4 Å². The van der Waals surface area contributed by atoms with Crippen molar-refractivity contribution in [2.24, 2.45) is 0 Å². The molecule has 6 heteroatoms. The van der Waals surface area contributed by atoms with E-state index in [0.29, 0.717) is 16.9 Å². The maximum absolute atomic E-state index is 12.8. The van der Waals surface area contributed by atoms with Crippen molar-refractivity contribution in [3.05, 3.63) is 81.8 Å². The number of aryl methyl sites for hydroxylation is 2. The third-order valence-electron chi connectivity index (χ3n) is 3.89. The minimum atomic E-state index is -4.42. The summed E-state index contributed by atoms with van der Waals surface area (Å²) >= 11 is 0. The Hall–Kier alpha value is -3.02. The van der Waals surface area contributed by atoms with Gasteiger partial charge >= 0.3 is 6.18 Å². The predicted molar refractivity (Wildman–Crippen MR) is 93.5 cm³/mol. The topological polar surface area (TPSA) is 42.1 Å². The summed E-state index contributed by atoms with van der Waals surface area (Å²) in [5.41, 5.74) is 1.93. The SMILES string of the molecule is Cc1cc(=O)c(-c2ccc(Oc3cccc(C(F)(F)F)c3)cc2)c(C)[nH]1. The molecule has 0 unspecified atom stereocenters. The average molecular weight is 359 g/mol. The lowest BCUT2D eigenvalue weighted by molar-refractivity contribution is -0.137. The molecule has 3 aromatic rings. The fourth-order valence-electron chi connectivity index (χ4n) is 2.77. The predicted octanol–water partition coefficient (Wildman–Crippen LogP) is 5.47. The summed E-state index contributed by atoms with van der Waals surface area (Å²) in [6, 6.07) is 12.9. The number of pyridine rings is 1. The van der Waals surface area contributed by atoms with Crippen molar-refractivity contribution in [1.29, 1.82) is 0 Å². The van der Waals surface area contributed by atoms with E-state index in [4.69, 9.17) is 4.74 Å². The number of ether oxygens (including phenoxy) is 1. The van der Waals surface area contributed by atoms with E-state index in [0.717, 1.165) is 23.5 Å². The smallest absolute Gasteiger partial charge is 0.416 e.